The van der Waals surface area contributed by atoms with Crippen LogP contribution in [-0.4, -0.2) is 13.2 Å². The fourth-order valence-corrected chi connectivity index (χ4v) is 4.94. The number of furan rings is 2. The molecule has 2 aromatic heterocycles. The Hall–Kier alpha value is -4.86. The Morgan fingerprint density at radius 2 is 0.773 bits per heavy atom. The third-order valence-electron chi connectivity index (χ3n) is 7.22. The molecule has 2 heterocycles. The van der Waals surface area contributed by atoms with E-state index in [4.69, 9.17) is 27.8 Å². The van der Waals surface area contributed by atoms with Gasteiger partial charge in [0.25, 0.3) is 0 Å². The quantitative estimate of drug-likeness (QED) is 0.109. The van der Waals surface area contributed by atoms with E-state index in [0.29, 0.717) is 24.7 Å². The number of fused-ring (bicyclic) bond motifs is 2. The largest absolute Gasteiger partial charge is 0.494 e. The molecule has 0 radical (unpaired) electrons. The summed E-state index contributed by atoms with van der Waals surface area (Å²) in [5.41, 5.74) is -4.17. The monoisotopic (exact) mass is 602 g/mol. The Morgan fingerprint density at radius 1 is 0.455 bits per heavy atom. The molecule has 0 aliphatic rings. The maximum atomic E-state index is 12.9. The molecule has 5 rings (SSSR count). The highest BCUT2D eigenvalue weighted by Gasteiger charge is 2.30. The highest BCUT2D eigenvalue weighted by Crippen LogP contribution is 2.41. The summed E-state index contributed by atoms with van der Waals surface area (Å²) in [7, 11) is 0. The smallest absolute Gasteiger partial charge is 0.350 e. The highest BCUT2D eigenvalue weighted by atomic mass is 16.5. The zero-order chi connectivity index (χ0) is 31.1. The van der Waals surface area contributed by atoms with Crippen LogP contribution < -0.4 is 41.4 Å². The first-order valence-corrected chi connectivity index (χ1v) is 15.0. The second-order valence-electron chi connectivity index (χ2n) is 10.5. The Labute approximate surface area is 252 Å². The van der Waals surface area contributed by atoms with Crippen molar-refractivity contribution in [3.8, 4) is 34.5 Å². The van der Waals surface area contributed by atoms with Crippen molar-refractivity contribution in [3.05, 3.63) is 90.2 Å². The van der Waals surface area contributed by atoms with E-state index in [9.17, 15) is 19.2 Å². The zero-order valence-electron chi connectivity index (χ0n) is 24.8. The van der Waals surface area contributed by atoms with Crippen molar-refractivity contribution in [1.82, 2.24) is 0 Å². The normalized spacial score (nSPS) is 11.3. The minimum Gasteiger partial charge on any atom is -0.494 e. The molecule has 10 nitrogen and oxygen atoms in total. The summed E-state index contributed by atoms with van der Waals surface area (Å²) in [5, 5.41) is -1.34. The Kier molecular flexibility index (Phi) is 9.79. The van der Waals surface area contributed by atoms with Crippen molar-refractivity contribution in [1.29, 1.82) is 0 Å². The van der Waals surface area contributed by atoms with Gasteiger partial charge in [0, 0.05) is 0 Å². The summed E-state index contributed by atoms with van der Waals surface area (Å²) in [6, 6.07) is 13.1. The van der Waals surface area contributed by atoms with Gasteiger partial charge in [-0.15, -0.1) is 0 Å². The number of benzene rings is 3. The molecule has 3 aromatic carbocycles. The van der Waals surface area contributed by atoms with Crippen LogP contribution in [-0.2, 0) is 0 Å². The van der Waals surface area contributed by atoms with Gasteiger partial charge in [-0.05, 0) is 61.4 Å². The lowest BCUT2D eigenvalue weighted by Crippen LogP contribution is -2.03. The van der Waals surface area contributed by atoms with E-state index in [1.165, 1.54) is 0 Å². The average Bonchev–Trinajstić information content (AvgIpc) is 3.49. The van der Waals surface area contributed by atoms with Gasteiger partial charge < -0.3 is 27.8 Å². The standard InChI is InChI=1S/C34H34O10/c1-3-5-7-9-19-39-21-11-15-23(16-12-21)41-29-25-27(33(37)43-31(25)35)30(28-26(29)32(36)44-34(28)38)42-24-17-13-22(14-18-24)40-20-10-8-6-4-2/h11-18H,3-10,19-20H2,1-2H3. The summed E-state index contributed by atoms with van der Waals surface area (Å²) < 4.78 is 33.2. The topological polar surface area (TPSA) is 131 Å². The molecular formula is C34H34O10. The van der Waals surface area contributed by atoms with Gasteiger partial charge in [-0.25, -0.2) is 19.2 Å². The first-order chi connectivity index (χ1) is 21.4. The lowest BCUT2D eigenvalue weighted by atomic mass is 10.1. The van der Waals surface area contributed by atoms with Crippen LogP contribution in [0.25, 0.3) is 21.5 Å². The van der Waals surface area contributed by atoms with Crippen molar-refractivity contribution in [2.75, 3.05) is 13.2 Å². The molecule has 0 aliphatic heterocycles. The van der Waals surface area contributed by atoms with Crippen molar-refractivity contribution in [3.63, 3.8) is 0 Å². The first kappa shape index (κ1) is 30.6. The SMILES string of the molecule is CCCCCCOc1ccc(Oc2c3c(=O)oc(=O)c3c(Oc3ccc(OCCCCCC)cc3)c3c(=O)oc(=O)c23)cc1. The predicted octanol–water partition coefficient (Wildman–Crippen LogP) is 7.00. The number of unbranched alkanes of at least 4 members (excludes halogenated alkanes) is 6. The summed E-state index contributed by atoms with van der Waals surface area (Å²) in [4.78, 5) is 51.5. The van der Waals surface area contributed by atoms with Gasteiger partial charge in [0.1, 0.15) is 44.5 Å². The second-order valence-corrected chi connectivity index (χ2v) is 10.5. The van der Waals surface area contributed by atoms with Crippen LogP contribution in [0, 0.1) is 0 Å². The van der Waals surface area contributed by atoms with Gasteiger partial charge in [0.05, 0.1) is 13.2 Å². The minimum absolute atomic E-state index is 0.228. The number of hydrogen-bond donors (Lipinski definition) is 0. The lowest BCUT2D eigenvalue weighted by Gasteiger charge is -2.12. The molecule has 0 saturated heterocycles. The third-order valence-corrected chi connectivity index (χ3v) is 7.22. The van der Waals surface area contributed by atoms with E-state index in [0.717, 1.165) is 51.4 Å². The van der Waals surface area contributed by atoms with Crippen LogP contribution in [0.4, 0.5) is 0 Å². The Bertz CT molecular complexity index is 1690. The number of ether oxygens (including phenoxy) is 4. The molecule has 0 aliphatic carbocycles. The second kappa shape index (κ2) is 14.1. The minimum atomic E-state index is -1.04. The first-order valence-electron chi connectivity index (χ1n) is 15.0. The fourth-order valence-electron chi connectivity index (χ4n) is 4.94. The maximum absolute atomic E-state index is 12.9. The fraction of sp³-hybridized carbons (Fsp3) is 0.353. The molecule has 0 amide bonds. The van der Waals surface area contributed by atoms with Crippen LogP contribution in [0.5, 0.6) is 34.5 Å². The van der Waals surface area contributed by atoms with E-state index in [2.05, 4.69) is 13.8 Å². The molecule has 0 spiro atoms. The molecule has 5 aromatic rings. The summed E-state index contributed by atoms with van der Waals surface area (Å²) in [5.74, 6) is 1.04. The van der Waals surface area contributed by atoms with Crippen LogP contribution in [0.15, 0.2) is 76.5 Å². The third kappa shape index (κ3) is 6.69. The summed E-state index contributed by atoms with van der Waals surface area (Å²) in [6.45, 7) is 5.42. The van der Waals surface area contributed by atoms with Crippen molar-refractivity contribution >= 4 is 21.5 Å². The van der Waals surface area contributed by atoms with Gasteiger partial charge in [-0.2, -0.15) is 0 Å². The van der Waals surface area contributed by atoms with Crippen LogP contribution >= 0.6 is 0 Å². The predicted molar refractivity (Wildman–Crippen MR) is 166 cm³/mol. The molecule has 230 valence electrons. The van der Waals surface area contributed by atoms with E-state index in [-0.39, 0.29) is 44.5 Å². The molecule has 10 heteroatoms. The van der Waals surface area contributed by atoms with Crippen molar-refractivity contribution < 1.29 is 27.8 Å². The van der Waals surface area contributed by atoms with Gasteiger partial charge in [0.2, 0.25) is 0 Å². The molecule has 0 fully saturated rings. The van der Waals surface area contributed by atoms with Gasteiger partial charge in [0.15, 0.2) is 11.5 Å². The molecule has 0 N–H and O–H groups in total. The van der Waals surface area contributed by atoms with Crippen molar-refractivity contribution in [2.45, 2.75) is 65.2 Å². The van der Waals surface area contributed by atoms with E-state index >= 15 is 0 Å². The Balaban J connectivity index is 1.46. The Morgan fingerprint density at radius 3 is 1.09 bits per heavy atom. The molecular weight excluding hydrogens is 568 g/mol. The molecule has 44 heavy (non-hydrogen) atoms. The van der Waals surface area contributed by atoms with E-state index < -0.39 is 22.5 Å². The number of hydrogen-bond acceptors (Lipinski definition) is 10. The molecule has 0 bridgehead atoms. The number of rotatable bonds is 16. The lowest BCUT2D eigenvalue weighted by molar-refractivity contribution is 0.304. The van der Waals surface area contributed by atoms with E-state index in [1.54, 1.807) is 48.5 Å². The van der Waals surface area contributed by atoms with Gasteiger partial charge >= 0.3 is 22.5 Å². The summed E-state index contributed by atoms with van der Waals surface area (Å²) in [6.07, 6.45) is 8.58. The molecule has 0 atom stereocenters. The summed E-state index contributed by atoms with van der Waals surface area (Å²) >= 11 is 0. The van der Waals surface area contributed by atoms with E-state index in [1.807, 2.05) is 0 Å². The molecule has 0 unspecified atom stereocenters. The van der Waals surface area contributed by atoms with Gasteiger partial charge in [-0.3, -0.25) is 0 Å². The molecule has 0 saturated carbocycles. The highest BCUT2D eigenvalue weighted by molar-refractivity contribution is 6.10. The van der Waals surface area contributed by atoms with Crippen LogP contribution in [0.2, 0.25) is 0 Å². The zero-order valence-corrected chi connectivity index (χ0v) is 24.8. The van der Waals surface area contributed by atoms with Crippen molar-refractivity contribution in [2.24, 2.45) is 0 Å². The average molecular weight is 603 g/mol. The van der Waals surface area contributed by atoms with Gasteiger partial charge in [-0.1, -0.05) is 52.4 Å². The van der Waals surface area contributed by atoms with Crippen LogP contribution in [0.1, 0.15) is 65.2 Å². The van der Waals surface area contributed by atoms with Crippen LogP contribution in [0.3, 0.4) is 0 Å². The maximum Gasteiger partial charge on any atom is 0.350 e.